The minimum absolute atomic E-state index is 0.00264. The van der Waals surface area contributed by atoms with Gasteiger partial charge in [0.25, 0.3) is 5.60 Å². The summed E-state index contributed by atoms with van der Waals surface area (Å²) in [6.45, 7) is 5.82. The van der Waals surface area contributed by atoms with Crippen LogP contribution >= 0.6 is 11.6 Å². The van der Waals surface area contributed by atoms with Crippen LogP contribution in [0.25, 0.3) is 0 Å². The van der Waals surface area contributed by atoms with Crippen LogP contribution in [-0.4, -0.2) is 6.18 Å². The Kier molecular flexibility index (Phi) is 4.83. The van der Waals surface area contributed by atoms with E-state index in [4.69, 9.17) is 16.3 Å². The molecular weight excluding hydrogens is 399 g/mol. The zero-order valence-corrected chi connectivity index (χ0v) is 17.1. The maximum absolute atomic E-state index is 14.5. The van der Waals surface area contributed by atoms with Gasteiger partial charge in [-0.15, -0.1) is 0 Å². The normalized spacial score (nSPS) is 23.6. The summed E-state index contributed by atoms with van der Waals surface area (Å²) in [4.78, 5) is 0. The van der Waals surface area contributed by atoms with Gasteiger partial charge in [-0.2, -0.15) is 13.2 Å². The van der Waals surface area contributed by atoms with Gasteiger partial charge in [-0.3, -0.25) is 0 Å². The van der Waals surface area contributed by atoms with Crippen LogP contribution in [0, 0.1) is 38.5 Å². The van der Waals surface area contributed by atoms with Crippen molar-refractivity contribution in [3.8, 4) is 11.8 Å². The van der Waals surface area contributed by atoms with Gasteiger partial charge in [0.2, 0.25) is 0 Å². The fourth-order valence-electron chi connectivity index (χ4n) is 3.57. The molecule has 2 aromatic rings. The second-order valence-corrected chi connectivity index (χ2v) is 8.21. The molecule has 29 heavy (non-hydrogen) atoms. The number of benzene rings is 2. The van der Waals surface area contributed by atoms with E-state index in [0.29, 0.717) is 11.3 Å². The Morgan fingerprint density at radius 3 is 2.48 bits per heavy atom. The van der Waals surface area contributed by atoms with E-state index in [-0.39, 0.29) is 16.5 Å². The maximum Gasteiger partial charge on any atom is 0.433 e. The third-order valence-corrected chi connectivity index (χ3v) is 5.99. The number of nitrogens with one attached hydrogen (secondary N) is 1. The number of halogens is 4. The molecule has 6 heteroatoms. The van der Waals surface area contributed by atoms with Crippen molar-refractivity contribution < 1.29 is 17.9 Å². The summed E-state index contributed by atoms with van der Waals surface area (Å²) in [5, 5.41) is 3.31. The molecule has 2 unspecified atom stereocenters. The molecule has 0 bridgehead atoms. The molecule has 0 amide bonds. The Labute approximate surface area is 173 Å². The van der Waals surface area contributed by atoms with E-state index in [1.807, 2.05) is 32.9 Å². The Morgan fingerprint density at radius 2 is 1.83 bits per heavy atom. The van der Waals surface area contributed by atoms with Crippen molar-refractivity contribution in [3.63, 3.8) is 0 Å². The van der Waals surface area contributed by atoms with Gasteiger partial charge >= 0.3 is 6.18 Å². The van der Waals surface area contributed by atoms with Crippen molar-refractivity contribution >= 4 is 17.3 Å². The van der Waals surface area contributed by atoms with Gasteiger partial charge in [-0.25, -0.2) is 0 Å². The minimum atomic E-state index is -4.73. The first-order valence-electron chi connectivity index (χ1n) is 9.53. The molecule has 0 spiro atoms. The molecule has 2 aromatic carbocycles. The van der Waals surface area contributed by atoms with E-state index in [9.17, 15) is 13.2 Å². The van der Waals surface area contributed by atoms with Crippen LogP contribution in [0.3, 0.4) is 0 Å². The molecule has 1 N–H and O–H groups in total. The largest absolute Gasteiger partial charge is 0.433 e. The molecule has 152 valence electrons. The molecular formula is C23H21ClF3NO. The summed E-state index contributed by atoms with van der Waals surface area (Å²) in [5.74, 6) is 5.24. The summed E-state index contributed by atoms with van der Waals surface area (Å²) in [7, 11) is 0. The topological polar surface area (TPSA) is 21.3 Å². The van der Waals surface area contributed by atoms with E-state index in [2.05, 4.69) is 17.2 Å². The van der Waals surface area contributed by atoms with Gasteiger partial charge in [0.1, 0.15) is 0 Å². The first-order valence-corrected chi connectivity index (χ1v) is 9.90. The Balaban J connectivity index is 1.91. The average Bonchev–Trinajstić information content (AvgIpc) is 3.48. The Bertz CT molecular complexity index is 1030. The molecule has 0 aromatic heterocycles. The molecule has 1 aliphatic carbocycles. The smallest absolute Gasteiger partial charge is 0.356 e. The number of ether oxygens (including phenoxy) is 1. The van der Waals surface area contributed by atoms with E-state index < -0.39 is 18.0 Å². The maximum atomic E-state index is 14.5. The number of rotatable bonds is 1. The number of anilines is 1. The second-order valence-electron chi connectivity index (χ2n) is 7.78. The van der Waals surface area contributed by atoms with Crippen molar-refractivity contribution in [1.29, 1.82) is 0 Å². The second kappa shape index (κ2) is 6.97. The highest BCUT2D eigenvalue weighted by Crippen LogP contribution is 2.52. The first kappa shape index (κ1) is 20.1. The predicted molar refractivity (Wildman–Crippen MR) is 108 cm³/mol. The third kappa shape index (κ3) is 3.49. The molecule has 1 saturated carbocycles. The van der Waals surface area contributed by atoms with E-state index >= 15 is 0 Å². The minimum Gasteiger partial charge on any atom is -0.356 e. The number of alkyl halides is 3. The number of fused-ring (bicyclic) bond motifs is 1. The number of hydrogen-bond donors (Lipinski definition) is 1. The molecule has 2 aliphatic rings. The first-order chi connectivity index (χ1) is 13.6. The molecule has 1 heterocycles. The quantitative estimate of drug-likeness (QED) is 0.527. The fraction of sp³-hybridized carbons (Fsp3) is 0.391. The van der Waals surface area contributed by atoms with Gasteiger partial charge in [0, 0.05) is 27.8 Å². The van der Waals surface area contributed by atoms with Gasteiger partial charge in [0.05, 0.1) is 0 Å². The van der Waals surface area contributed by atoms with Crippen LogP contribution in [-0.2, 0) is 10.3 Å². The molecule has 4 rings (SSSR count). The lowest BCUT2D eigenvalue weighted by Crippen LogP contribution is -2.49. The number of aryl methyl sites for hydroxylation is 1. The van der Waals surface area contributed by atoms with E-state index in [0.717, 1.165) is 29.5 Å². The lowest BCUT2D eigenvalue weighted by atomic mass is 9.88. The Hall–Kier alpha value is -2.16. The summed E-state index contributed by atoms with van der Waals surface area (Å²) in [6.07, 6.45) is -4.08. The van der Waals surface area contributed by atoms with Crippen LogP contribution in [0.4, 0.5) is 18.9 Å². The summed E-state index contributed by atoms with van der Waals surface area (Å²) < 4.78 is 49.3. The SMILES string of the molecule is Cc1ccc(C2Nc3ccc(Cl)cc3C(C#CC3CC3)(C(F)(F)F)O2)c(C)c1C. The third-order valence-electron chi connectivity index (χ3n) is 5.75. The lowest BCUT2D eigenvalue weighted by Gasteiger charge is -2.41. The summed E-state index contributed by atoms with van der Waals surface area (Å²) in [6, 6.07) is 8.13. The molecule has 2 nitrogen and oxygen atoms in total. The molecule has 2 atom stereocenters. The number of hydrogen-bond acceptors (Lipinski definition) is 2. The van der Waals surface area contributed by atoms with Gasteiger partial charge in [-0.05, 0) is 68.5 Å². The van der Waals surface area contributed by atoms with Crippen molar-refractivity contribution in [1.82, 2.24) is 0 Å². The zero-order valence-electron chi connectivity index (χ0n) is 16.4. The van der Waals surface area contributed by atoms with Crippen molar-refractivity contribution in [2.24, 2.45) is 5.92 Å². The van der Waals surface area contributed by atoms with Crippen LogP contribution in [0.1, 0.15) is 46.9 Å². The van der Waals surface area contributed by atoms with Gasteiger partial charge in [0.15, 0.2) is 6.23 Å². The molecule has 0 radical (unpaired) electrons. The highest BCUT2D eigenvalue weighted by molar-refractivity contribution is 6.30. The van der Waals surface area contributed by atoms with Crippen molar-refractivity contribution in [2.45, 2.75) is 51.6 Å². The van der Waals surface area contributed by atoms with E-state index in [1.54, 1.807) is 12.1 Å². The average molecular weight is 420 g/mol. The fourth-order valence-corrected chi connectivity index (χ4v) is 3.74. The predicted octanol–water partition coefficient (Wildman–Crippen LogP) is 6.58. The van der Waals surface area contributed by atoms with Gasteiger partial charge in [-0.1, -0.05) is 35.6 Å². The highest BCUT2D eigenvalue weighted by Gasteiger charge is 2.61. The monoisotopic (exact) mass is 419 g/mol. The molecule has 0 saturated heterocycles. The summed E-state index contributed by atoms with van der Waals surface area (Å²) in [5.41, 5.74) is 1.15. The van der Waals surface area contributed by atoms with Crippen LogP contribution < -0.4 is 5.32 Å². The molecule has 1 aliphatic heterocycles. The van der Waals surface area contributed by atoms with E-state index in [1.165, 1.54) is 6.07 Å². The molecule has 1 fully saturated rings. The highest BCUT2D eigenvalue weighted by atomic mass is 35.5. The van der Waals surface area contributed by atoms with Crippen LogP contribution in [0.5, 0.6) is 0 Å². The standard InChI is InChI=1S/C23H21ClF3NO/c1-13-4-8-18(15(3)14(13)2)21-28-20-9-7-17(24)12-19(20)22(29-21,23(25,26)27)11-10-16-5-6-16/h4,7-9,12,16,21,28H,5-6H2,1-3H3. The van der Waals surface area contributed by atoms with Gasteiger partial charge < -0.3 is 10.1 Å². The van der Waals surface area contributed by atoms with Crippen molar-refractivity contribution in [3.05, 3.63) is 63.2 Å². The van der Waals surface area contributed by atoms with Crippen LogP contribution in [0.2, 0.25) is 5.02 Å². The Morgan fingerprint density at radius 1 is 1.10 bits per heavy atom. The summed E-state index contributed by atoms with van der Waals surface area (Å²) >= 11 is 6.05. The zero-order chi connectivity index (χ0) is 21.0. The van der Waals surface area contributed by atoms with Crippen LogP contribution in [0.15, 0.2) is 30.3 Å². The lowest BCUT2D eigenvalue weighted by molar-refractivity contribution is -0.273. The van der Waals surface area contributed by atoms with Crippen molar-refractivity contribution in [2.75, 3.05) is 5.32 Å².